The van der Waals surface area contributed by atoms with E-state index >= 15 is 0 Å². The van der Waals surface area contributed by atoms with E-state index in [9.17, 15) is 0 Å². The second kappa shape index (κ2) is 6.62. The number of nitriles is 1. The van der Waals surface area contributed by atoms with Crippen LogP contribution < -0.4 is 4.74 Å². The van der Waals surface area contributed by atoms with Crippen LogP contribution in [0.5, 0.6) is 5.75 Å². The SMILES string of the molecule is N#Cc1ncn(-c2ccc(OC3CCN(C4CCC4)CC3)cc2)n1. The van der Waals surface area contributed by atoms with Crippen molar-refractivity contribution in [3.8, 4) is 17.5 Å². The summed E-state index contributed by atoms with van der Waals surface area (Å²) in [5.74, 6) is 1.06. The Labute approximate surface area is 141 Å². The summed E-state index contributed by atoms with van der Waals surface area (Å²) in [6.45, 7) is 2.31. The summed E-state index contributed by atoms with van der Waals surface area (Å²) < 4.78 is 7.72. The van der Waals surface area contributed by atoms with Crippen molar-refractivity contribution in [1.29, 1.82) is 5.26 Å². The molecule has 1 saturated heterocycles. The third-order valence-corrected chi connectivity index (χ3v) is 5.06. The van der Waals surface area contributed by atoms with E-state index in [-0.39, 0.29) is 5.82 Å². The van der Waals surface area contributed by atoms with Gasteiger partial charge in [-0.05, 0) is 49.9 Å². The van der Waals surface area contributed by atoms with E-state index in [1.165, 1.54) is 19.3 Å². The van der Waals surface area contributed by atoms with E-state index in [2.05, 4.69) is 15.0 Å². The van der Waals surface area contributed by atoms with E-state index in [1.807, 2.05) is 30.3 Å². The molecule has 0 bridgehead atoms. The quantitative estimate of drug-likeness (QED) is 0.865. The van der Waals surface area contributed by atoms with Gasteiger partial charge in [0.05, 0.1) is 5.69 Å². The molecule has 1 aliphatic carbocycles. The maximum Gasteiger partial charge on any atom is 0.252 e. The number of piperidine rings is 1. The summed E-state index contributed by atoms with van der Waals surface area (Å²) in [6.07, 6.45) is 8.22. The zero-order valence-corrected chi connectivity index (χ0v) is 13.6. The highest BCUT2D eigenvalue weighted by molar-refractivity contribution is 5.36. The highest BCUT2D eigenvalue weighted by Gasteiger charge is 2.29. The first-order valence-corrected chi connectivity index (χ1v) is 8.65. The summed E-state index contributed by atoms with van der Waals surface area (Å²) in [5.41, 5.74) is 0.871. The van der Waals surface area contributed by atoms with E-state index in [4.69, 9.17) is 10.00 Å². The standard InChI is InChI=1S/C18H21N5O/c19-12-18-20-13-23(21-18)15-4-6-16(7-5-15)24-17-8-10-22(11-9-17)14-2-1-3-14/h4-7,13-14,17H,1-3,8-11H2. The molecule has 2 heterocycles. The summed E-state index contributed by atoms with van der Waals surface area (Å²) in [6, 6.07) is 10.6. The van der Waals surface area contributed by atoms with Crippen molar-refractivity contribution in [2.45, 2.75) is 44.2 Å². The molecule has 0 spiro atoms. The summed E-state index contributed by atoms with van der Waals surface area (Å²) in [5, 5.41) is 12.9. The van der Waals surface area contributed by atoms with Crippen molar-refractivity contribution in [2.24, 2.45) is 0 Å². The average molecular weight is 323 g/mol. The van der Waals surface area contributed by atoms with Crippen LogP contribution >= 0.6 is 0 Å². The molecule has 124 valence electrons. The Morgan fingerprint density at radius 3 is 2.42 bits per heavy atom. The fourth-order valence-electron chi connectivity index (χ4n) is 3.42. The molecule has 0 unspecified atom stereocenters. The molecule has 0 amide bonds. The highest BCUT2D eigenvalue weighted by Crippen LogP contribution is 2.28. The molecule has 6 heteroatoms. The van der Waals surface area contributed by atoms with Crippen LogP contribution in [0, 0.1) is 11.3 Å². The Kier molecular flexibility index (Phi) is 4.18. The van der Waals surface area contributed by atoms with Gasteiger partial charge in [0.2, 0.25) is 0 Å². The largest absolute Gasteiger partial charge is 0.490 e. The van der Waals surface area contributed by atoms with Gasteiger partial charge < -0.3 is 9.64 Å². The number of likely N-dealkylation sites (tertiary alicyclic amines) is 1. The number of nitrogens with zero attached hydrogens (tertiary/aromatic N) is 5. The van der Waals surface area contributed by atoms with Crippen molar-refractivity contribution >= 4 is 0 Å². The number of hydrogen-bond acceptors (Lipinski definition) is 5. The lowest BCUT2D eigenvalue weighted by Crippen LogP contribution is -2.46. The molecule has 1 aromatic heterocycles. The van der Waals surface area contributed by atoms with Gasteiger partial charge >= 0.3 is 0 Å². The molecule has 2 aromatic rings. The van der Waals surface area contributed by atoms with E-state index in [0.717, 1.165) is 43.4 Å². The smallest absolute Gasteiger partial charge is 0.252 e. The van der Waals surface area contributed by atoms with Gasteiger partial charge in [-0.2, -0.15) is 5.26 Å². The maximum atomic E-state index is 8.78. The Bertz CT molecular complexity index is 721. The number of rotatable bonds is 4. The van der Waals surface area contributed by atoms with Gasteiger partial charge in [-0.3, -0.25) is 0 Å². The Balaban J connectivity index is 1.33. The van der Waals surface area contributed by atoms with Crippen LogP contribution in [0.4, 0.5) is 0 Å². The molecule has 0 radical (unpaired) electrons. The van der Waals surface area contributed by atoms with Crippen LogP contribution in [-0.2, 0) is 0 Å². The summed E-state index contributed by atoms with van der Waals surface area (Å²) >= 11 is 0. The van der Waals surface area contributed by atoms with Gasteiger partial charge in [-0.1, -0.05) is 6.42 Å². The molecule has 6 nitrogen and oxygen atoms in total. The minimum atomic E-state index is 0.175. The average Bonchev–Trinajstić information content (AvgIpc) is 3.05. The second-order valence-corrected chi connectivity index (χ2v) is 6.56. The molecule has 0 atom stereocenters. The minimum absolute atomic E-state index is 0.175. The predicted octanol–water partition coefficient (Wildman–Crippen LogP) is 2.53. The van der Waals surface area contributed by atoms with Gasteiger partial charge in [0.25, 0.3) is 5.82 Å². The van der Waals surface area contributed by atoms with Crippen molar-refractivity contribution in [2.75, 3.05) is 13.1 Å². The fraction of sp³-hybridized carbons (Fsp3) is 0.500. The molecule has 4 rings (SSSR count). The van der Waals surface area contributed by atoms with E-state index < -0.39 is 0 Å². The van der Waals surface area contributed by atoms with E-state index in [0.29, 0.717) is 6.10 Å². The molecular weight excluding hydrogens is 302 g/mol. The molecule has 2 fully saturated rings. The van der Waals surface area contributed by atoms with Gasteiger partial charge in [-0.15, -0.1) is 5.10 Å². The first kappa shape index (κ1) is 15.2. The Morgan fingerprint density at radius 2 is 1.83 bits per heavy atom. The van der Waals surface area contributed by atoms with Gasteiger partial charge in [0.15, 0.2) is 0 Å². The Morgan fingerprint density at radius 1 is 1.08 bits per heavy atom. The monoisotopic (exact) mass is 323 g/mol. The van der Waals surface area contributed by atoms with Crippen LogP contribution in [0.2, 0.25) is 0 Å². The van der Waals surface area contributed by atoms with Gasteiger partial charge in [0, 0.05) is 19.1 Å². The van der Waals surface area contributed by atoms with Crippen LogP contribution in [0.25, 0.3) is 5.69 Å². The third-order valence-electron chi connectivity index (χ3n) is 5.06. The highest BCUT2D eigenvalue weighted by atomic mass is 16.5. The molecule has 1 aliphatic heterocycles. The summed E-state index contributed by atoms with van der Waals surface area (Å²) in [7, 11) is 0. The topological polar surface area (TPSA) is 67.0 Å². The summed E-state index contributed by atoms with van der Waals surface area (Å²) in [4.78, 5) is 6.54. The Hall–Kier alpha value is -2.39. The van der Waals surface area contributed by atoms with Crippen LogP contribution in [0.15, 0.2) is 30.6 Å². The van der Waals surface area contributed by atoms with Crippen LogP contribution in [0.1, 0.15) is 37.9 Å². The number of benzene rings is 1. The normalized spacial score (nSPS) is 19.6. The molecule has 1 saturated carbocycles. The number of aromatic nitrogens is 3. The predicted molar refractivity (Wildman–Crippen MR) is 88.9 cm³/mol. The van der Waals surface area contributed by atoms with Gasteiger partial charge in [0.1, 0.15) is 24.3 Å². The number of ether oxygens (including phenoxy) is 1. The third kappa shape index (κ3) is 3.13. The minimum Gasteiger partial charge on any atom is -0.490 e. The molecule has 1 aromatic carbocycles. The lowest BCUT2D eigenvalue weighted by molar-refractivity contribution is 0.0493. The number of hydrogen-bond donors (Lipinski definition) is 0. The maximum absolute atomic E-state index is 8.78. The molecule has 24 heavy (non-hydrogen) atoms. The molecule has 0 N–H and O–H groups in total. The zero-order chi connectivity index (χ0) is 16.4. The van der Waals surface area contributed by atoms with Crippen molar-refractivity contribution in [3.05, 3.63) is 36.4 Å². The molecule has 2 aliphatic rings. The lowest BCUT2D eigenvalue weighted by atomic mass is 9.90. The van der Waals surface area contributed by atoms with E-state index in [1.54, 1.807) is 11.0 Å². The lowest BCUT2D eigenvalue weighted by Gasteiger charge is -2.41. The van der Waals surface area contributed by atoms with Crippen molar-refractivity contribution < 1.29 is 4.74 Å². The van der Waals surface area contributed by atoms with Crippen LogP contribution in [-0.4, -0.2) is 44.9 Å². The van der Waals surface area contributed by atoms with Crippen LogP contribution in [0.3, 0.4) is 0 Å². The first-order valence-electron chi connectivity index (χ1n) is 8.65. The van der Waals surface area contributed by atoms with Crippen molar-refractivity contribution in [1.82, 2.24) is 19.7 Å². The molecular formula is C18H21N5O. The first-order chi connectivity index (χ1) is 11.8. The van der Waals surface area contributed by atoms with Crippen molar-refractivity contribution in [3.63, 3.8) is 0 Å². The second-order valence-electron chi connectivity index (χ2n) is 6.56. The fourth-order valence-corrected chi connectivity index (χ4v) is 3.42. The van der Waals surface area contributed by atoms with Gasteiger partial charge in [-0.25, -0.2) is 9.67 Å². The zero-order valence-electron chi connectivity index (χ0n) is 13.6.